The second-order valence-electron chi connectivity index (χ2n) is 6.15. The van der Waals surface area contributed by atoms with E-state index < -0.39 is 0 Å². The van der Waals surface area contributed by atoms with Crippen LogP contribution in [0.15, 0.2) is 0 Å². The summed E-state index contributed by atoms with van der Waals surface area (Å²) in [5.74, 6) is 1.25. The molecule has 0 aromatic carbocycles. The molecule has 5 heteroatoms. The fourth-order valence-corrected chi connectivity index (χ4v) is 4.19. The van der Waals surface area contributed by atoms with Crippen molar-refractivity contribution in [3.8, 4) is 0 Å². The summed E-state index contributed by atoms with van der Waals surface area (Å²) in [6.07, 6.45) is 6.24. The molecule has 1 N–H and O–H groups in total. The molecule has 19 heavy (non-hydrogen) atoms. The van der Waals surface area contributed by atoms with E-state index in [1.165, 1.54) is 37.9 Å². The average Bonchev–Trinajstić information content (AvgIpc) is 2.82. The molecule has 0 spiro atoms. The van der Waals surface area contributed by atoms with Crippen LogP contribution >= 0.6 is 11.8 Å². The van der Waals surface area contributed by atoms with Crippen molar-refractivity contribution in [2.45, 2.75) is 42.9 Å². The van der Waals surface area contributed by atoms with Gasteiger partial charge in [0.2, 0.25) is 0 Å². The van der Waals surface area contributed by atoms with E-state index in [0.29, 0.717) is 5.25 Å². The average molecular weight is 285 g/mol. The van der Waals surface area contributed by atoms with Crippen LogP contribution in [-0.2, 0) is 0 Å². The van der Waals surface area contributed by atoms with E-state index in [9.17, 15) is 4.79 Å². The van der Waals surface area contributed by atoms with Crippen LogP contribution in [0.3, 0.4) is 0 Å². The quantitative estimate of drug-likeness (QED) is 0.839. The predicted octanol–water partition coefficient (Wildman–Crippen LogP) is 2.01. The zero-order chi connectivity index (χ0) is 13.9. The van der Waals surface area contributed by atoms with Crippen LogP contribution in [0.25, 0.3) is 0 Å². The highest BCUT2D eigenvalue weighted by Crippen LogP contribution is 2.36. The van der Waals surface area contributed by atoms with Gasteiger partial charge in [-0.1, -0.05) is 0 Å². The Morgan fingerprint density at radius 3 is 2.53 bits per heavy atom. The number of nitrogens with one attached hydrogen (secondary N) is 1. The summed E-state index contributed by atoms with van der Waals surface area (Å²) in [4.78, 5) is 16.3. The maximum absolute atomic E-state index is 12.1. The minimum absolute atomic E-state index is 0.0839. The van der Waals surface area contributed by atoms with Gasteiger partial charge in [0.05, 0.1) is 0 Å². The molecule has 2 rings (SSSR count). The van der Waals surface area contributed by atoms with Gasteiger partial charge in [0.15, 0.2) is 0 Å². The van der Waals surface area contributed by atoms with Crippen molar-refractivity contribution in [3.63, 3.8) is 0 Å². The lowest BCUT2D eigenvalue weighted by molar-refractivity contribution is 0.0364. The third kappa shape index (κ3) is 3.57. The Bertz CT molecular complexity index is 312. The van der Waals surface area contributed by atoms with E-state index in [1.54, 1.807) is 0 Å². The lowest BCUT2D eigenvalue weighted by Crippen LogP contribution is -2.58. The summed E-state index contributed by atoms with van der Waals surface area (Å²) >= 11 is 1.99. The number of hydrogen-bond donors (Lipinski definition) is 1. The first kappa shape index (κ1) is 15.0. The molecule has 2 aliphatic rings. The van der Waals surface area contributed by atoms with Gasteiger partial charge >= 0.3 is 6.03 Å². The van der Waals surface area contributed by atoms with Crippen molar-refractivity contribution in [1.29, 1.82) is 0 Å². The molecule has 2 amide bonds. The molecule has 0 unspecified atom stereocenters. The van der Waals surface area contributed by atoms with Crippen LogP contribution in [0.4, 0.5) is 4.79 Å². The summed E-state index contributed by atoms with van der Waals surface area (Å²) in [6, 6.07) is 0.0839. The summed E-state index contributed by atoms with van der Waals surface area (Å²) in [6.45, 7) is 1.66. The number of amides is 2. The standard InChI is InChI=1S/C14H27N3OS/c1-16(2)14(7-5-8-14)11-17(3)13(18)15-10-12-6-4-9-19-12/h12H,4-11H2,1-3H3,(H,15,18)/t12-/m1/s1. The van der Waals surface area contributed by atoms with E-state index in [-0.39, 0.29) is 11.6 Å². The Balaban J connectivity index is 1.75. The highest BCUT2D eigenvalue weighted by atomic mass is 32.2. The molecule has 1 aliphatic heterocycles. The molecule has 1 saturated heterocycles. The van der Waals surface area contributed by atoms with Gasteiger partial charge < -0.3 is 15.1 Å². The summed E-state index contributed by atoms with van der Waals surface area (Å²) in [5.41, 5.74) is 0.216. The Labute approximate surface area is 121 Å². The van der Waals surface area contributed by atoms with E-state index in [0.717, 1.165) is 13.1 Å². The van der Waals surface area contributed by atoms with Gasteiger partial charge in [-0.15, -0.1) is 0 Å². The Morgan fingerprint density at radius 2 is 2.05 bits per heavy atom. The fraction of sp³-hybridized carbons (Fsp3) is 0.929. The van der Waals surface area contributed by atoms with Crippen molar-refractivity contribution < 1.29 is 4.79 Å². The first-order valence-corrected chi connectivity index (χ1v) is 8.36. The van der Waals surface area contributed by atoms with Gasteiger partial charge in [-0.05, 0) is 52.0 Å². The molecule has 0 radical (unpaired) electrons. The van der Waals surface area contributed by atoms with Crippen molar-refractivity contribution in [2.75, 3.05) is 40.0 Å². The number of carbonyl (C=O) groups is 1. The summed E-state index contributed by atoms with van der Waals surface area (Å²) in [7, 11) is 6.17. The first-order chi connectivity index (χ1) is 9.03. The number of nitrogens with zero attached hydrogens (tertiary/aromatic N) is 2. The fourth-order valence-electron chi connectivity index (χ4n) is 2.99. The second kappa shape index (κ2) is 6.35. The van der Waals surface area contributed by atoms with Gasteiger partial charge in [0.25, 0.3) is 0 Å². The van der Waals surface area contributed by atoms with Crippen molar-refractivity contribution >= 4 is 17.8 Å². The highest BCUT2D eigenvalue weighted by molar-refractivity contribution is 8.00. The number of hydrogen-bond acceptors (Lipinski definition) is 3. The van der Waals surface area contributed by atoms with Crippen LogP contribution in [-0.4, -0.2) is 66.6 Å². The van der Waals surface area contributed by atoms with Gasteiger partial charge in [-0.2, -0.15) is 11.8 Å². The molecule has 1 atom stereocenters. The molecule has 0 aromatic heterocycles. The summed E-state index contributed by atoms with van der Waals surface area (Å²) in [5, 5.41) is 3.71. The van der Waals surface area contributed by atoms with E-state index >= 15 is 0 Å². The number of urea groups is 1. The zero-order valence-corrected chi connectivity index (χ0v) is 13.3. The molecule has 0 bridgehead atoms. The first-order valence-electron chi connectivity index (χ1n) is 7.31. The van der Waals surface area contributed by atoms with E-state index in [4.69, 9.17) is 0 Å². The van der Waals surface area contributed by atoms with Crippen LogP contribution in [0.2, 0.25) is 0 Å². The van der Waals surface area contributed by atoms with Gasteiger partial charge in [0, 0.05) is 30.9 Å². The van der Waals surface area contributed by atoms with Crippen molar-refractivity contribution in [1.82, 2.24) is 15.1 Å². The largest absolute Gasteiger partial charge is 0.337 e. The second-order valence-corrected chi connectivity index (χ2v) is 7.56. The monoisotopic (exact) mass is 285 g/mol. The minimum Gasteiger partial charge on any atom is -0.337 e. The van der Waals surface area contributed by atoms with Crippen LogP contribution < -0.4 is 5.32 Å². The summed E-state index contributed by atoms with van der Waals surface area (Å²) < 4.78 is 0. The molecule has 110 valence electrons. The molecule has 4 nitrogen and oxygen atoms in total. The lowest BCUT2D eigenvalue weighted by atomic mass is 9.75. The molecule has 0 aromatic rings. The van der Waals surface area contributed by atoms with Gasteiger partial charge in [-0.25, -0.2) is 4.79 Å². The molecular formula is C14H27N3OS. The van der Waals surface area contributed by atoms with Crippen LogP contribution in [0, 0.1) is 0 Å². The van der Waals surface area contributed by atoms with E-state index in [2.05, 4.69) is 24.3 Å². The number of likely N-dealkylation sites (N-methyl/N-ethyl adjacent to an activating group) is 2. The van der Waals surface area contributed by atoms with Crippen LogP contribution in [0.5, 0.6) is 0 Å². The smallest absolute Gasteiger partial charge is 0.317 e. The molecule has 1 saturated carbocycles. The zero-order valence-electron chi connectivity index (χ0n) is 12.4. The minimum atomic E-state index is 0.0839. The predicted molar refractivity (Wildman–Crippen MR) is 81.8 cm³/mol. The van der Waals surface area contributed by atoms with E-state index in [1.807, 2.05) is 23.7 Å². The highest BCUT2D eigenvalue weighted by Gasteiger charge is 2.40. The Kier molecular flexibility index (Phi) is 5.01. The normalized spacial score (nSPS) is 25.2. The SMILES string of the molecule is CN(CC1(N(C)C)CCC1)C(=O)NC[C@H]1CCCS1. The van der Waals surface area contributed by atoms with Crippen molar-refractivity contribution in [3.05, 3.63) is 0 Å². The Morgan fingerprint density at radius 1 is 1.32 bits per heavy atom. The third-order valence-corrected chi connectivity index (χ3v) is 6.01. The van der Waals surface area contributed by atoms with Gasteiger partial charge in [-0.3, -0.25) is 0 Å². The van der Waals surface area contributed by atoms with Crippen molar-refractivity contribution in [2.24, 2.45) is 0 Å². The maximum Gasteiger partial charge on any atom is 0.317 e. The topological polar surface area (TPSA) is 35.6 Å². The lowest BCUT2D eigenvalue weighted by Gasteiger charge is -2.49. The number of thioether (sulfide) groups is 1. The molecule has 1 aliphatic carbocycles. The third-order valence-electron chi connectivity index (χ3n) is 4.62. The Hall–Kier alpha value is -0.420. The van der Waals surface area contributed by atoms with Gasteiger partial charge in [0.1, 0.15) is 0 Å². The van der Waals surface area contributed by atoms with Crippen LogP contribution in [0.1, 0.15) is 32.1 Å². The molecular weight excluding hydrogens is 258 g/mol. The molecule has 2 fully saturated rings. The number of carbonyl (C=O) groups excluding carboxylic acids is 1. The number of rotatable bonds is 5. The molecule has 1 heterocycles. The maximum atomic E-state index is 12.1.